The summed E-state index contributed by atoms with van der Waals surface area (Å²) < 4.78 is 59.4. The second-order valence-electron chi connectivity index (χ2n) is 32.1. The second kappa shape index (κ2) is 43.2. The Hall–Kier alpha value is -5.85. The zero-order valence-electron chi connectivity index (χ0n) is 67.0. The summed E-state index contributed by atoms with van der Waals surface area (Å²) >= 11 is 26.1. The van der Waals surface area contributed by atoms with Gasteiger partial charge in [0, 0.05) is 31.4 Å². The monoisotopic (exact) mass is 1730 g/mol. The molecule has 0 bridgehead atoms. The van der Waals surface area contributed by atoms with Crippen LogP contribution in [0.15, 0.2) is 132 Å². The Labute approximate surface area is 690 Å². The van der Waals surface area contributed by atoms with Crippen LogP contribution < -0.4 is 14.2 Å². The molecule has 3 heterocycles. The van der Waals surface area contributed by atoms with E-state index < -0.39 is 94.3 Å². The van der Waals surface area contributed by atoms with Gasteiger partial charge in [0.1, 0.15) is 66.1 Å². The van der Waals surface area contributed by atoms with Crippen molar-refractivity contribution in [3.8, 4) is 17.2 Å². The van der Waals surface area contributed by atoms with E-state index in [1.807, 2.05) is 166 Å². The molecule has 6 aromatic rings. The fourth-order valence-electron chi connectivity index (χ4n) is 12.2. The van der Waals surface area contributed by atoms with Gasteiger partial charge in [-0.2, -0.15) is 0 Å². The van der Waals surface area contributed by atoms with Gasteiger partial charge in [0.25, 0.3) is 0 Å². The predicted octanol–water partition coefficient (Wildman–Crippen LogP) is 19.4. The van der Waals surface area contributed by atoms with Gasteiger partial charge in [0.05, 0.1) is 60.3 Å². The Kier molecular flexibility index (Phi) is 37.3. The Morgan fingerprint density at radius 2 is 0.730 bits per heavy atom. The molecule has 0 amide bonds. The molecule has 0 aliphatic carbocycles. The van der Waals surface area contributed by atoms with Crippen LogP contribution in [0, 0.1) is 33.5 Å². The van der Waals surface area contributed by atoms with E-state index in [1.165, 1.54) is 5.56 Å². The Balaban J connectivity index is 0.000000275. The first kappa shape index (κ1) is 95.7. The average Bonchev–Trinajstić information content (AvgIpc) is 0.782. The van der Waals surface area contributed by atoms with Crippen LogP contribution in [-0.4, -0.2) is 137 Å². The summed E-state index contributed by atoms with van der Waals surface area (Å²) in [4.78, 5) is 51.0. The first-order valence-corrected chi connectivity index (χ1v) is 40.7. The molecule has 2 unspecified atom stereocenters. The van der Waals surface area contributed by atoms with Gasteiger partial charge in [-0.3, -0.25) is 19.2 Å². The molecule has 111 heavy (non-hydrogen) atoms. The Morgan fingerprint density at radius 1 is 0.414 bits per heavy atom. The highest BCUT2D eigenvalue weighted by Gasteiger charge is 2.52. The van der Waals surface area contributed by atoms with Gasteiger partial charge in [-0.25, -0.2) is 0 Å². The maximum absolute atomic E-state index is 13.2. The molecule has 3 aliphatic rings. The molecule has 0 saturated carbocycles. The molecule has 15 atom stereocenters. The first-order chi connectivity index (χ1) is 51.6. The minimum atomic E-state index is -1.42. The minimum absolute atomic E-state index is 0. The summed E-state index contributed by atoms with van der Waals surface area (Å²) in [7, 11) is 0. The standard InChI is InChI=1S/C33H45ClO6.C21H25ClO6.C18H31BrO5.C15H14BrClO.CH4/c1-10-26-20(3)27(39-30(35)32(4,5)6)29(40-31(36)33(7,8)9)28(38-26)22-14-17-25(34)23(19-22)18-21-12-15-24(16-13-21)37-11-2;1-2-27-15-6-3-12(4-7-15)9-14-10-13(5-8-16(14)22)21-20(26)19(25)18(24)17(11-23)28-21;1-9-11-10(2)12(23-15(20)17(3,4)5)13(14(19)22-11)24-16(21)18(6,7)8;1-2-18-14-6-3-11(4-7-14)9-12-10-13(16)5-8-15(12)17;/h12-17,19-20,26-29H,10-11,18H2,1-9H3;3-8,10,17-21,23-26H,2,9,11H2,1H3;10-14H,9H2,1-8H3;3-8,10H,2,9H2,1H3;1H4/t20-,26-,27+,28?,29-;17-,18-,19+,20-,21?;10-,11-,12+,13-,14+;;/m111../s1. The van der Waals surface area contributed by atoms with Gasteiger partial charge in [0.2, 0.25) is 0 Å². The SMILES string of the molecule is C.CCOc1ccc(Cc2cc(Br)ccc2Cl)cc1.CCOc1ccc(Cc2cc(C3O[C@H](CC)[C@@H](C)[C@H](OC(=O)C(C)(C)C)[C@H]3OC(=O)C(C)(C)C)ccc2Cl)cc1.CCOc1ccc(Cc2cc(C3O[C@H](CO)[C@@H](O)[C@H](O)[C@H]3O)ccc2Cl)cc1.CC[C@H]1O[C@H](Br)[C@H](OC(=O)C(C)(C)C)[C@@H](OC(=O)C(C)(C)C)[C@@H]1C. The maximum Gasteiger partial charge on any atom is 0.311 e. The predicted molar refractivity (Wildman–Crippen MR) is 444 cm³/mol. The summed E-state index contributed by atoms with van der Waals surface area (Å²) in [6.07, 6.45) is -6.09. The minimum Gasteiger partial charge on any atom is -0.494 e. The van der Waals surface area contributed by atoms with Crippen molar-refractivity contribution in [3.63, 3.8) is 0 Å². The van der Waals surface area contributed by atoms with Crippen molar-refractivity contribution in [1.29, 1.82) is 0 Å². The fraction of sp³-hybridized carbons (Fsp3) is 0.545. The van der Waals surface area contributed by atoms with Crippen LogP contribution in [-0.2, 0) is 71.6 Å². The zero-order valence-corrected chi connectivity index (χ0v) is 72.5. The molecule has 6 aromatic carbocycles. The Bertz CT molecular complexity index is 3910. The van der Waals surface area contributed by atoms with Gasteiger partial charge in [-0.05, 0) is 247 Å². The van der Waals surface area contributed by atoms with Gasteiger partial charge in [0.15, 0.2) is 17.2 Å². The number of aliphatic hydroxyl groups excluding tert-OH is 4. The smallest absolute Gasteiger partial charge is 0.311 e. The van der Waals surface area contributed by atoms with Crippen molar-refractivity contribution < 1.29 is 87.0 Å². The van der Waals surface area contributed by atoms with E-state index in [0.717, 1.165) is 73.0 Å². The number of aliphatic hydroxyl groups is 4. The van der Waals surface area contributed by atoms with Crippen molar-refractivity contribution >= 4 is 90.5 Å². The third kappa shape index (κ3) is 27.7. The molecular formula is C88H119Br2Cl3O18. The third-order valence-electron chi connectivity index (χ3n) is 18.8. The molecule has 3 aliphatic heterocycles. The van der Waals surface area contributed by atoms with Crippen molar-refractivity contribution in [2.24, 2.45) is 33.5 Å². The second-order valence-corrected chi connectivity index (χ2v) is 35.1. The lowest BCUT2D eigenvalue weighted by Gasteiger charge is -2.46. The van der Waals surface area contributed by atoms with Gasteiger partial charge in [-0.1, -0.05) is 162 Å². The normalized spacial score (nSPS) is 23.9. The van der Waals surface area contributed by atoms with Crippen molar-refractivity contribution in [3.05, 3.63) is 191 Å². The molecule has 0 radical (unpaired) electrons. The molecule has 0 spiro atoms. The van der Waals surface area contributed by atoms with Crippen LogP contribution in [0.1, 0.15) is 209 Å². The number of rotatable bonds is 21. The highest BCUT2D eigenvalue weighted by Crippen LogP contribution is 2.44. The van der Waals surface area contributed by atoms with E-state index in [4.69, 9.17) is 82.2 Å². The molecule has 3 saturated heterocycles. The van der Waals surface area contributed by atoms with Crippen molar-refractivity contribution in [1.82, 2.24) is 0 Å². The summed E-state index contributed by atoms with van der Waals surface area (Å²) in [5.41, 5.74) is 4.93. The van der Waals surface area contributed by atoms with Crippen molar-refractivity contribution in [2.45, 2.75) is 249 Å². The van der Waals surface area contributed by atoms with Crippen LogP contribution in [0.2, 0.25) is 15.1 Å². The lowest BCUT2D eigenvalue weighted by Crippen LogP contribution is -2.56. The van der Waals surface area contributed by atoms with E-state index in [1.54, 1.807) is 74.4 Å². The molecule has 3 fully saturated rings. The summed E-state index contributed by atoms with van der Waals surface area (Å²) in [6.45, 7) is 37.0. The summed E-state index contributed by atoms with van der Waals surface area (Å²) in [5.74, 6) is 0.883. The lowest BCUT2D eigenvalue weighted by molar-refractivity contribution is -0.233. The van der Waals surface area contributed by atoms with E-state index in [0.29, 0.717) is 54.7 Å². The number of benzene rings is 6. The number of hydrogen-bond acceptors (Lipinski definition) is 18. The highest BCUT2D eigenvalue weighted by molar-refractivity contribution is 9.10. The fourth-order valence-corrected chi connectivity index (χ4v) is 13.9. The van der Waals surface area contributed by atoms with Crippen LogP contribution in [0.3, 0.4) is 0 Å². The largest absolute Gasteiger partial charge is 0.494 e. The maximum atomic E-state index is 13.2. The Morgan fingerprint density at radius 3 is 1.08 bits per heavy atom. The van der Waals surface area contributed by atoms with Gasteiger partial charge < -0.3 is 67.8 Å². The zero-order chi connectivity index (χ0) is 81.9. The topological polar surface area (TPSA) is 241 Å². The summed E-state index contributed by atoms with van der Waals surface area (Å²) in [6, 6.07) is 40.7. The number of carbonyl (C=O) groups is 4. The number of hydrogen-bond donors (Lipinski definition) is 4. The van der Waals surface area contributed by atoms with Gasteiger partial charge in [-0.15, -0.1) is 0 Å². The van der Waals surface area contributed by atoms with E-state index >= 15 is 0 Å². The molecule has 9 rings (SSSR count). The summed E-state index contributed by atoms with van der Waals surface area (Å²) in [5, 5.41) is 41.2. The van der Waals surface area contributed by atoms with Crippen LogP contribution in [0.25, 0.3) is 0 Å². The van der Waals surface area contributed by atoms with Crippen LogP contribution >= 0.6 is 66.7 Å². The highest BCUT2D eigenvalue weighted by atomic mass is 79.9. The first-order valence-electron chi connectivity index (χ1n) is 37.8. The molecular weight excluding hydrogens is 1610 g/mol. The van der Waals surface area contributed by atoms with E-state index in [2.05, 4.69) is 50.1 Å². The average molecular weight is 1730 g/mol. The van der Waals surface area contributed by atoms with Crippen molar-refractivity contribution in [2.75, 3.05) is 26.4 Å². The van der Waals surface area contributed by atoms with E-state index in [-0.39, 0.29) is 55.3 Å². The number of halogens is 5. The lowest BCUT2D eigenvalue weighted by atomic mass is 9.83. The quantitative estimate of drug-likeness (QED) is 0.0297. The molecule has 614 valence electrons. The van der Waals surface area contributed by atoms with Crippen LogP contribution in [0.4, 0.5) is 0 Å². The van der Waals surface area contributed by atoms with Gasteiger partial charge >= 0.3 is 23.9 Å². The molecule has 4 N–H and O–H groups in total. The number of ether oxygens (including phenoxy) is 10. The molecule has 0 aromatic heterocycles. The number of esters is 4. The van der Waals surface area contributed by atoms with Crippen LogP contribution in [0.5, 0.6) is 17.2 Å². The number of carbonyl (C=O) groups excluding carboxylic acids is 4. The third-order valence-corrected chi connectivity index (χ3v) is 21.2. The van der Waals surface area contributed by atoms with E-state index in [9.17, 15) is 39.6 Å². The molecule has 23 heteroatoms. The number of alkyl halides is 1. The molecule has 18 nitrogen and oxygen atoms in total.